The maximum Gasteiger partial charge on any atom is 0.314 e. The van der Waals surface area contributed by atoms with Crippen LogP contribution in [0.3, 0.4) is 0 Å². The molecule has 7 nitrogen and oxygen atoms in total. The number of allylic oxidation sites excluding steroid dienone is 1. The van der Waals surface area contributed by atoms with Crippen LogP contribution in [0.25, 0.3) is 11.0 Å². The molecule has 0 aliphatic rings. The fourth-order valence-electron chi connectivity index (χ4n) is 2.35. The lowest BCUT2D eigenvalue weighted by Crippen LogP contribution is -2.29. The first-order valence-electron chi connectivity index (χ1n) is 7.54. The summed E-state index contributed by atoms with van der Waals surface area (Å²) in [6.45, 7) is 5.67. The van der Waals surface area contributed by atoms with Crippen LogP contribution in [0, 0.1) is 0 Å². The van der Waals surface area contributed by atoms with Crippen LogP contribution < -0.4 is 20.8 Å². The Morgan fingerprint density at radius 1 is 1.20 bits per heavy atom. The van der Waals surface area contributed by atoms with Crippen LogP contribution in [0.5, 0.6) is 11.5 Å². The molecule has 25 heavy (non-hydrogen) atoms. The van der Waals surface area contributed by atoms with Crippen LogP contribution in [-0.2, 0) is 0 Å². The highest BCUT2D eigenvalue weighted by Crippen LogP contribution is 2.35. The van der Waals surface area contributed by atoms with Crippen LogP contribution in [0.4, 0.5) is 5.69 Å². The first-order valence-corrected chi connectivity index (χ1v) is 7.54. The predicted molar refractivity (Wildman–Crippen MR) is 97.0 cm³/mol. The summed E-state index contributed by atoms with van der Waals surface area (Å²) in [6, 6.07) is 6.88. The van der Waals surface area contributed by atoms with Crippen LogP contribution in [-0.4, -0.2) is 15.0 Å². The number of ether oxygens (including phenoxy) is 1. The van der Waals surface area contributed by atoms with Crippen LogP contribution in [0.15, 0.2) is 71.3 Å². The Morgan fingerprint density at radius 3 is 2.52 bits per heavy atom. The fourth-order valence-corrected chi connectivity index (χ4v) is 2.35. The Bertz CT molecular complexity index is 1050. The van der Waals surface area contributed by atoms with Crippen LogP contribution in [0.1, 0.15) is 6.92 Å². The molecule has 3 rings (SSSR count). The summed E-state index contributed by atoms with van der Waals surface area (Å²) in [5.41, 5.74) is 0.149. The maximum absolute atomic E-state index is 11.6. The smallest absolute Gasteiger partial charge is 0.314 e. The molecule has 0 bridgehead atoms. The molecule has 2 aromatic heterocycles. The van der Waals surface area contributed by atoms with Gasteiger partial charge < -0.3 is 19.6 Å². The van der Waals surface area contributed by atoms with Crippen molar-refractivity contribution in [2.75, 3.05) is 4.90 Å². The summed E-state index contributed by atoms with van der Waals surface area (Å²) < 4.78 is 5.92. The van der Waals surface area contributed by atoms with Crippen LogP contribution in [0.2, 0.25) is 0 Å². The molecule has 0 aliphatic carbocycles. The molecule has 3 aromatic rings. The van der Waals surface area contributed by atoms with E-state index in [1.807, 2.05) is 13.0 Å². The third-order valence-corrected chi connectivity index (χ3v) is 3.45. The molecule has 0 fully saturated rings. The summed E-state index contributed by atoms with van der Waals surface area (Å²) >= 11 is 0. The number of benzene rings is 1. The zero-order valence-corrected chi connectivity index (χ0v) is 13.5. The lowest BCUT2D eigenvalue weighted by molar-refractivity contribution is 0.482. The maximum atomic E-state index is 11.6. The zero-order chi connectivity index (χ0) is 17.8. The van der Waals surface area contributed by atoms with Crippen molar-refractivity contribution in [1.82, 2.24) is 15.0 Å². The Labute approximate surface area is 142 Å². The first-order chi connectivity index (χ1) is 12.1. The second-order valence-electron chi connectivity index (χ2n) is 5.14. The molecule has 7 heteroatoms. The SMILES string of the molecule is C=CN(/C=C\C)c1cc2[nH]c(=O)c(=O)[nH]c2cc1Oc1cccnc1. The van der Waals surface area contributed by atoms with Gasteiger partial charge in [0.05, 0.1) is 22.9 Å². The van der Waals surface area contributed by atoms with Crippen molar-refractivity contribution in [2.45, 2.75) is 6.92 Å². The highest BCUT2D eigenvalue weighted by molar-refractivity contribution is 5.83. The standard InChI is InChI=1S/C18H16N4O3/c1-3-8-22(4-2)15-9-13-14(21-18(24)17(23)20-13)10-16(15)25-12-6-5-7-19-11-12/h3-11H,2H2,1H3,(H,20,23)(H,21,24)/b8-3-. The van der Waals surface area contributed by atoms with Gasteiger partial charge in [-0.15, -0.1) is 0 Å². The van der Waals surface area contributed by atoms with Crippen molar-refractivity contribution in [3.05, 3.63) is 82.4 Å². The molecular formula is C18H16N4O3. The molecule has 0 spiro atoms. The number of anilines is 1. The normalized spacial score (nSPS) is 10.9. The summed E-state index contributed by atoms with van der Waals surface area (Å²) in [5, 5.41) is 0. The number of fused-ring (bicyclic) bond motifs is 1. The Morgan fingerprint density at radius 2 is 1.92 bits per heavy atom. The van der Waals surface area contributed by atoms with Gasteiger partial charge in [0.2, 0.25) is 0 Å². The van der Waals surface area contributed by atoms with E-state index in [9.17, 15) is 9.59 Å². The van der Waals surface area contributed by atoms with Gasteiger partial charge in [-0.05, 0) is 25.1 Å². The lowest BCUT2D eigenvalue weighted by atomic mass is 10.2. The predicted octanol–water partition coefficient (Wildman–Crippen LogP) is 2.89. The number of aromatic amines is 2. The molecule has 0 unspecified atom stereocenters. The van der Waals surface area contributed by atoms with Crippen molar-refractivity contribution in [2.24, 2.45) is 0 Å². The average molecular weight is 336 g/mol. The minimum Gasteiger partial charge on any atom is -0.453 e. The van der Waals surface area contributed by atoms with Crippen molar-refractivity contribution in [1.29, 1.82) is 0 Å². The van der Waals surface area contributed by atoms with Crippen molar-refractivity contribution in [3.63, 3.8) is 0 Å². The lowest BCUT2D eigenvalue weighted by Gasteiger charge is -2.20. The number of hydrogen-bond donors (Lipinski definition) is 2. The number of nitrogens with one attached hydrogen (secondary N) is 2. The number of aromatic nitrogens is 3. The van der Waals surface area contributed by atoms with E-state index in [1.165, 1.54) is 0 Å². The van der Waals surface area contributed by atoms with Gasteiger partial charge in [-0.3, -0.25) is 14.6 Å². The van der Waals surface area contributed by atoms with Crippen molar-refractivity contribution in [3.8, 4) is 11.5 Å². The van der Waals surface area contributed by atoms with Crippen molar-refractivity contribution >= 4 is 16.7 Å². The van der Waals surface area contributed by atoms with Gasteiger partial charge in [-0.1, -0.05) is 12.7 Å². The second-order valence-corrected chi connectivity index (χ2v) is 5.14. The van der Waals surface area contributed by atoms with Crippen LogP contribution >= 0.6 is 0 Å². The Balaban J connectivity index is 2.23. The molecule has 0 aliphatic heterocycles. The average Bonchev–Trinajstić information content (AvgIpc) is 2.62. The van der Waals surface area contributed by atoms with E-state index in [0.717, 1.165) is 0 Å². The minimum atomic E-state index is -0.721. The van der Waals surface area contributed by atoms with Gasteiger partial charge in [0.25, 0.3) is 0 Å². The summed E-state index contributed by atoms with van der Waals surface area (Å²) in [4.78, 5) is 34.1. The van der Waals surface area contributed by atoms with Gasteiger partial charge in [-0.2, -0.15) is 0 Å². The minimum absolute atomic E-state index is 0.455. The highest BCUT2D eigenvalue weighted by Gasteiger charge is 2.13. The molecule has 1 aromatic carbocycles. The van der Waals surface area contributed by atoms with Gasteiger partial charge >= 0.3 is 11.1 Å². The molecule has 0 saturated heterocycles. The monoisotopic (exact) mass is 336 g/mol. The number of H-pyrrole nitrogens is 2. The molecule has 0 amide bonds. The van der Waals surface area contributed by atoms with Gasteiger partial charge in [0.15, 0.2) is 5.75 Å². The summed E-state index contributed by atoms with van der Waals surface area (Å²) in [5.74, 6) is 1.01. The van der Waals surface area contributed by atoms with Gasteiger partial charge in [-0.25, -0.2) is 0 Å². The molecular weight excluding hydrogens is 320 g/mol. The van der Waals surface area contributed by atoms with Gasteiger partial charge in [0, 0.05) is 24.7 Å². The number of rotatable bonds is 5. The Hall–Kier alpha value is -3.61. The molecule has 0 radical (unpaired) electrons. The molecule has 2 heterocycles. The number of pyridine rings is 1. The largest absolute Gasteiger partial charge is 0.453 e. The third-order valence-electron chi connectivity index (χ3n) is 3.45. The van der Waals surface area contributed by atoms with E-state index < -0.39 is 11.1 Å². The van der Waals surface area contributed by atoms with E-state index in [4.69, 9.17) is 4.74 Å². The quantitative estimate of drug-likeness (QED) is 0.699. The molecule has 0 saturated carbocycles. The zero-order valence-electron chi connectivity index (χ0n) is 13.5. The fraction of sp³-hybridized carbons (Fsp3) is 0.0556. The van der Waals surface area contributed by atoms with E-state index in [2.05, 4.69) is 21.5 Å². The molecule has 2 N–H and O–H groups in total. The number of nitrogens with zero attached hydrogens (tertiary/aromatic N) is 2. The van der Waals surface area contributed by atoms with E-state index in [-0.39, 0.29) is 0 Å². The summed E-state index contributed by atoms with van der Waals surface area (Å²) in [7, 11) is 0. The highest BCUT2D eigenvalue weighted by atomic mass is 16.5. The van der Waals surface area contributed by atoms with Crippen molar-refractivity contribution < 1.29 is 4.74 Å². The summed E-state index contributed by atoms with van der Waals surface area (Å²) in [6.07, 6.45) is 8.48. The Kier molecular flexibility index (Phi) is 4.47. The third kappa shape index (κ3) is 3.35. The van der Waals surface area contributed by atoms with Gasteiger partial charge in [0.1, 0.15) is 5.75 Å². The first kappa shape index (κ1) is 16.3. The number of hydrogen-bond acceptors (Lipinski definition) is 5. The van der Waals surface area contributed by atoms with E-state index in [1.54, 1.807) is 54.0 Å². The topological polar surface area (TPSA) is 91.1 Å². The molecule has 126 valence electrons. The van der Waals surface area contributed by atoms with E-state index >= 15 is 0 Å². The molecule has 0 atom stereocenters. The van der Waals surface area contributed by atoms with E-state index in [0.29, 0.717) is 28.2 Å². The second kappa shape index (κ2) is 6.88.